The number of halogens is 3. The maximum atomic E-state index is 12.7. The van der Waals surface area contributed by atoms with E-state index in [2.05, 4.69) is 0 Å². The summed E-state index contributed by atoms with van der Waals surface area (Å²) in [7, 11) is 0. The standard InChI is InChI=1S/C13H16F3NO2/c14-13(15,16)10-3-1-2-9(6-10)12-7-11(19)8-17(12)4-5-18/h1-3,6,11-12,18-19H,4-5,7-8H2/t11-,12-/m1/s1. The molecule has 1 aromatic carbocycles. The first-order valence-corrected chi connectivity index (χ1v) is 6.12. The largest absolute Gasteiger partial charge is 0.416 e. The molecule has 1 aliphatic heterocycles. The summed E-state index contributed by atoms with van der Waals surface area (Å²) < 4.78 is 38.0. The third-order valence-electron chi connectivity index (χ3n) is 3.37. The van der Waals surface area contributed by atoms with Gasteiger partial charge in [-0.05, 0) is 24.1 Å². The Labute approximate surface area is 109 Å². The Hall–Kier alpha value is -1.11. The lowest BCUT2D eigenvalue weighted by Crippen LogP contribution is -2.28. The third kappa shape index (κ3) is 3.26. The van der Waals surface area contributed by atoms with Crippen molar-refractivity contribution in [3.63, 3.8) is 0 Å². The van der Waals surface area contributed by atoms with E-state index in [1.54, 1.807) is 11.0 Å². The number of aliphatic hydroxyl groups excluding tert-OH is 2. The predicted octanol–water partition coefficient (Wildman–Crippen LogP) is 1.81. The smallest absolute Gasteiger partial charge is 0.395 e. The molecule has 2 rings (SSSR count). The zero-order chi connectivity index (χ0) is 14.0. The molecule has 1 saturated heterocycles. The SMILES string of the molecule is OCCN1C[C@H](O)C[C@@H]1c1cccc(C(F)(F)F)c1. The summed E-state index contributed by atoms with van der Waals surface area (Å²) in [5.41, 5.74) is -0.157. The molecule has 0 aliphatic carbocycles. The Morgan fingerprint density at radius 1 is 1.32 bits per heavy atom. The second-order valence-electron chi connectivity index (χ2n) is 4.75. The number of benzene rings is 1. The maximum absolute atomic E-state index is 12.7. The number of nitrogens with zero attached hydrogens (tertiary/aromatic N) is 1. The Morgan fingerprint density at radius 2 is 2.05 bits per heavy atom. The van der Waals surface area contributed by atoms with Gasteiger partial charge in [-0.2, -0.15) is 13.2 Å². The molecule has 19 heavy (non-hydrogen) atoms. The van der Waals surface area contributed by atoms with Crippen LogP contribution in [0.1, 0.15) is 23.6 Å². The third-order valence-corrected chi connectivity index (χ3v) is 3.37. The van der Waals surface area contributed by atoms with E-state index in [0.717, 1.165) is 12.1 Å². The highest BCUT2D eigenvalue weighted by Crippen LogP contribution is 2.35. The Kier molecular flexibility index (Phi) is 4.13. The summed E-state index contributed by atoms with van der Waals surface area (Å²) in [4.78, 5) is 1.81. The van der Waals surface area contributed by atoms with Gasteiger partial charge in [0.15, 0.2) is 0 Å². The van der Waals surface area contributed by atoms with Crippen molar-refractivity contribution in [2.24, 2.45) is 0 Å². The molecule has 3 nitrogen and oxygen atoms in total. The highest BCUT2D eigenvalue weighted by atomic mass is 19.4. The van der Waals surface area contributed by atoms with Crippen molar-refractivity contribution in [2.45, 2.75) is 24.7 Å². The molecule has 0 aromatic heterocycles. The second kappa shape index (κ2) is 5.48. The molecule has 0 saturated carbocycles. The molecule has 0 bridgehead atoms. The molecular formula is C13H16F3NO2. The van der Waals surface area contributed by atoms with E-state index >= 15 is 0 Å². The van der Waals surface area contributed by atoms with Gasteiger partial charge in [0.2, 0.25) is 0 Å². The summed E-state index contributed by atoms with van der Waals surface area (Å²) in [6, 6.07) is 4.88. The van der Waals surface area contributed by atoms with Crippen LogP contribution in [0.3, 0.4) is 0 Å². The summed E-state index contributed by atoms with van der Waals surface area (Å²) in [6.07, 6.45) is -4.54. The molecule has 0 unspecified atom stereocenters. The van der Waals surface area contributed by atoms with Crippen LogP contribution in [0.2, 0.25) is 0 Å². The molecule has 1 heterocycles. The van der Waals surface area contributed by atoms with Gasteiger partial charge in [0.25, 0.3) is 0 Å². The first-order chi connectivity index (χ1) is 8.91. The monoisotopic (exact) mass is 275 g/mol. The van der Waals surface area contributed by atoms with E-state index in [1.807, 2.05) is 0 Å². The minimum Gasteiger partial charge on any atom is -0.395 e. The summed E-state index contributed by atoms with van der Waals surface area (Å²) in [5.74, 6) is 0. The van der Waals surface area contributed by atoms with Crippen LogP contribution in [0.4, 0.5) is 13.2 Å². The molecule has 1 aliphatic rings. The van der Waals surface area contributed by atoms with Crippen molar-refractivity contribution in [1.29, 1.82) is 0 Å². The number of hydrogen-bond donors (Lipinski definition) is 2. The number of rotatable bonds is 3. The van der Waals surface area contributed by atoms with E-state index in [1.165, 1.54) is 6.07 Å². The number of alkyl halides is 3. The average molecular weight is 275 g/mol. The number of likely N-dealkylation sites (tertiary alicyclic amines) is 1. The van der Waals surface area contributed by atoms with Gasteiger partial charge in [0.1, 0.15) is 0 Å². The first kappa shape index (κ1) is 14.3. The van der Waals surface area contributed by atoms with Gasteiger partial charge in [-0.1, -0.05) is 12.1 Å². The number of hydrogen-bond acceptors (Lipinski definition) is 3. The van der Waals surface area contributed by atoms with Gasteiger partial charge in [0, 0.05) is 19.1 Å². The van der Waals surface area contributed by atoms with Crippen molar-refractivity contribution in [3.8, 4) is 0 Å². The van der Waals surface area contributed by atoms with Crippen molar-refractivity contribution in [1.82, 2.24) is 4.90 Å². The average Bonchev–Trinajstić information content (AvgIpc) is 2.70. The summed E-state index contributed by atoms with van der Waals surface area (Å²) in [5, 5.41) is 18.6. The molecule has 0 radical (unpaired) electrons. The second-order valence-corrected chi connectivity index (χ2v) is 4.75. The van der Waals surface area contributed by atoms with E-state index < -0.39 is 17.8 Å². The summed E-state index contributed by atoms with van der Waals surface area (Å²) in [6.45, 7) is 0.641. The van der Waals surface area contributed by atoms with Crippen LogP contribution >= 0.6 is 0 Å². The topological polar surface area (TPSA) is 43.7 Å². The molecule has 1 fully saturated rings. The van der Waals surface area contributed by atoms with E-state index in [9.17, 15) is 18.3 Å². The fourth-order valence-corrected chi connectivity index (χ4v) is 2.52. The van der Waals surface area contributed by atoms with E-state index in [-0.39, 0.29) is 12.6 Å². The molecule has 2 N–H and O–H groups in total. The van der Waals surface area contributed by atoms with Crippen LogP contribution in [-0.2, 0) is 6.18 Å². The lowest BCUT2D eigenvalue weighted by Gasteiger charge is -2.24. The summed E-state index contributed by atoms with van der Waals surface area (Å²) >= 11 is 0. The van der Waals surface area contributed by atoms with Crippen molar-refractivity contribution in [3.05, 3.63) is 35.4 Å². The van der Waals surface area contributed by atoms with Gasteiger partial charge >= 0.3 is 6.18 Å². The Bertz CT molecular complexity index is 436. The minimum absolute atomic E-state index is 0.0812. The van der Waals surface area contributed by atoms with Crippen LogP contribution < -0.4 is 0 Å². The van der Waals surface area contributed by atoms with E-state index in [0.29, 0.717) is 25.1 Å². The molecule has 1 aromatic rings. The van der Waals surface area contributed by atoms with Crippen molar-refractivity contribution < 1.29 is 23.4 Å². The van der Waals surface area contributed by atoms with Crippen LogP contribution in [0.5, 0.6) is 0 Å². The van der Waals surface area contributed by atoms with Gasteiger partial charge in [0.05, 0.1) is 18.3 Å². The number of β-amino-alcohol motifs (C(OH)–C–C–N with tert-alkyl or cyclic N) is 2. The van der Waals surface area contributed by atoms with Crippen molar-refractivity contribution >= 4 is 0 Å². The van der Waals surface area contributed by atoms with Crippen LogP contribution in [0.15, 0.2) is 24.3 Å². The molecule has 0 amide bonds. The normalized spacial score (nSPS) is 24.9. The molecule has 106 valence electrons. The lowest BCUT2D eigenvalue weighted by atomic mass is 10.0. The van der Waals surface area contributed by atoms with Gasteiger partial charge in [-0.25, -0.2) is 0 Å². The van der Waals surface area contributed by atoms with Gasteiger partial charge in [-0.15, -0.1) is 0 Å². The van der Waals surface area contributed by atoms with Gasteiger partial charge < -0.3 is 10.2 Å². The van der Waals surface area contributed by atoms with E-state index in [4.69, 9.17) is 5.11 Å². The highest BCUT2D eigenvalue weighted by molar-refractivity contribution is 5.28. The minimum atomic E-state index is -4.37. The zero-order valence-electron chi connectivity index (χ0n) is 10.3. The molecule has 6 heteroatoms. The number of aliphatic hydroxyl groups is 2. The van der Waals surface area contributed by atoms with Crippen LogP contribution in [-0.4, -0.2) is 40.9 Å². The zero-order valence-corrected chi connectivity index (χ0v) is 10.3. The fourth-order valence-electron chi connectivity index (χ4n) is 2.52. The van der Waals surface area contributed by atoms with Crippen LogP contribution in [0.25, 0.3) is 0 Å². The quantitative estimate of drug-likeness (QED) is 0.884. The predicted molar refractivity (Wildman–Crippen MR) is 63.5 cm³/mol. The first-order valence-electron chi connectivity index (χ1n) is 6.12. The lowest BCUT2D eigenvalue weighted by molar-refractivity contribution is -0.137. The fraction of sp³-hybridized carbons (Fsp3) is 0.538. The Balaban J connectivity index is 2.25. The van der Waals surface area contributed by atoms with Gasteiger partial charge in [-0.3, -0.25) is 4.90 Å². The Morgan fingerprint density at radius 3 is 2.68 bits per heavy atom. The molecule has 2 atom stereocenters. The maximum Gasteiger partial charge on any atom is 0.416 e. The molecular weight excluding hydrogens is 259 g/mol. The molecule has 0 spiro atoms. The highest BCUT2D eigenvalue weighted by Gasteiger charge is 2.34. The van der Waals surface area contributed by atoms with Crippen molar-refractivity contribution in [2.75, 3.05) is 19.7 Å². The van der Waals surface area contributed by atoms with Crippen LogP contribution in [0, 0.1) is 0 Å².